The molecule has 0 aliphatic heterocycles. The van der Waals surface area contributed by atoms with Crippen LogP contribution in [0.2, 0.25) is 0 Å². The molecule has 0 radical (unpaired) electrons. The van der Waals surface area contributed by atoms with Crippen LogP contribution in [0.1, 0.15) is 25.0 Å². The maximum absolute atomic E-state index is 10.4. The molecule has 0 bridgehead atoms. The van der Waals surface area contributed by atoms with Gasteiger partial charge in [0.25, 0.3) is 5.69 Å². The van der Waals surface area contributed by atoms with E-state index in [0.29, 0.717) is 11.1 Å². The van der Waals surface area contributed by atoms with Crippen LogP contribution in [0.25, 0.3) is 0 Å². The van der Waals surface area contributed by atoms with Gasteiger partial charge in [0.15, 0.2) is 0 Å². The summed E-state index contributed by atoms with van der Waals surface area (Å²) in [5, 5.41) is 29.5. The lowest BCUT2D eigenvalue weighted by Gasteiger charge is -2.14. The van der Waals surface area contributed by atoms with Gasteiger partial charge in [0.2, 0.25) is 0 Å². The molecule has 2 atom stereocenters. The van der Waals surface area contributed by atoms with Gasteiger partial charge in [0.1, 0.15) is 0 Å². The fraction of sp³-hybridized carbons (Fsp3) is 0.333. The largest absolute Gasteiger partial charge is 0.389 e. The smallest absolute Gasteiger partial charge is 0.269 e. The Hall–Kier alpha value is -1.72. The summed E-state index contributed by atoms with van der Waals surface area (Å²) in [5.41, 5.74) is 1.07. The fourth-order valence-corrected chi connectivity index (χ4v) is 1.35. The molecule has 5 nitrogen and oxygen atoms in total. The molecule has 0 aliphatic carbocycles. The quantitative estimate of drug-likeness (QED) is 0.465. The Morgan fingerprint density at radius 2 is 1.94 bits per heavy atom. The van der Waals surface area contributed by atoms with E-state index in [9.17, 15) is 20.3 Å². The van der Waals surface area contributed by atoms with E-state index in [1.54, 1.807) is 6.92 Å². The van der Waals surface area contributed by atoms with Gasteiger partial charge in [0.05, 0.1) is 17.1 Å². The first-order valence-electron chi connectivity index (χ1n) is 5.20. The van der Waals surface area contributed by atoms with Crippen molar-refractivity contribution >= 4 is 5.69 Å². The van der Waals surface area contributed by atoms with Crippen molar-refractivity contribution in [2.24, 2.45) is 0 Å². The molecule has 0 spiro atoms. The lowest BCUT2D eigenvalue weighted by Crippen LogP contribution is -2.08. The second-order valence-corrected chi connectivity index (χ2v) is 3.90. The van der Waals surface area contributed by atoms with E-state index in [1.807, 2.05) is 0 Å². The minimum absolute atomic E-state index is 0.0182. The van der Waals surface area contributed by atoms with Gasteiger partial charge in [-0.1, -0.05) is 6.58 Å². The van der Waals surface area contributed by atoms with Crippen LogP contribution in [-0.4, -0.2) is 21.2 Å². The number of aliphatic hydroxyl groups is 2. The monoisotopic (exact) mass is 237 g/mol. The molecule has 0 aliphatic rings. The fourth-order valence-electron chi connectivity index (χ4n) is 1.35. The zero-order valence-electron chi connectivity index (χ0n) is 9.54. The molecule has 1 aromatic rings. The molecule has 0 aromatic heterocycles. The Kier molecular flexibility index (Phi) is 4.37. The van der Waals surface area contributed by atoms with Gasteiger partial charge in [-0.15, -0.1) is 0 Å². The maximum atomic E-state index is 10.4. The van der Waals surface area contributed by atoms with Crippen LogP contribution in [0.3, 0.4) is 0 Å². The van der Waals surface area contributed by atoms with Crippen molar-refractivity contribution < 1.29 is 15.1 Å². The molecule has 5 heteroatoms. The first kappa shape index (κ1) is 13.3. The van der Waals surface area contributed by atoms with Gasteiger partial charge in [-0.05, 0) is 30.2 Å². The van der Waals surface area contributed by atoms with Gasteiger partial charge < -0.3 is 10.2 Å². The van der Waals surface area contributed by atoms with E-state index >= 15 is 0 Å². The van der Waals surface area contributed by atoms with Crippen molar-refractivity contribution in [1.29, 1.82) is 0 Å². The lowest BCUT2D eigenvalue weighted by atomic mass is 10.00. The molecule has 92 valence electrons. The first-order valence-corrected chi connectivity index (χ1v) is 5.20. The summed E-state index contributed by atoms with van der Waals surface area (Å²) in [5.74, 6) is 0. The van der Waals surface area contributed by atoms with Gasteiger partial charge in [-0.3, -0.25) is 10.1 Å². The first-order chi connectivity index (χ1) is 7.91. The molecular formula is C12H15NO4. The van der Waals surface area contributed by atoms with E-state index in [4.69, 9.17) is 0 Å². The van der Waals surface area contributed by atoms with Crippen LogP contribution in [0.4, 0.5) is 5.69 Å². The van der Waals surface area contributed by atoms with Crippen molar-refractivity contribution in [2.75, 3.05) is 0 Å². The minimum Gasteiger partial charge on any atom is -0.389 e. The third kappa shape index (κ3) is 3.65. The van der Waals surface area contributed by atoms with Crippen molar-refractivity contribution in [1.82, 2.24) is 0 Å². The highest BCUT2D eigenvalue weighted by molar-refractivity contribution is 5.34. The predicted octanol–water partition coefficient (Wildman–Crippen LogP) is 1.96. The number of benzene rings is 1. The molecule has 0 saturated heterocycles. The number of aliphatic hydroxyl groups excluding tert-OH is 2. The van der Waals surface area contributed by atoms with E-state index in [0.717, 1.165) is 0 Å². The number of hydrogen-bond acceptors (Lipinski definition) is 4. The van der Waals surface area contributed by atoms with Crippen molar-refractivity contribution in [3.8, 4) is 0 Å². The minimum atomic E-state index is -0.807. The van der Waals surface area contributed by atoms with E-state index in [-0.39, 0.29) is 12.1 Å². The summed E-state index contributed by atoms with van der Waals surface area (Å²) in [6.45, 7) is 5.22. The molecule has 0 saturated carbocycles. The Morgan fingerprint density at radius 3 is 2.35 bits per heavy atom. The van der Waals surface area contributed by atoms with Gasteiger partial charge in [0, 0.05) is 18.6 Å². The molecule has 0 amide bonds. The lowest BCUT2D eigenvalue weighted by molar-refractivity contribution is -0.384. The van der Waals surface area contributed by atoms with Crippen molar-refractivity contribution in [3.63, 3.8) is 0 Å². The third-order valence-corrected chi connectivity index (χ3v) is 2.54. The average molecular weight is 237 g/mol. The SMILES string of the molecule is C=C(C[C@@H](O)c1ccc([N+](=O)[O-])cc1)[C@@H](C)O. The number of nitro benzene ring substituents is 1. The summed E-state index contributed by atoms with van der Waals surface area (Å²) in [6, 6.07) is 5.67. The molecule has 1 rings (SSSR count). The Labute approximate surface area is 99.2 Å². The number of rotatable bonds is 5. The molecule has 0 unspecified atom stereocenters. The molecule has 17 heavy (non-hydrogen) atoms. The highest BCUT2D eigenvalue weighted by Gasteiger charge is 2.13. The van der Waals surface area contributed by atoms with Crippen LogP contribution in [0.5, 0.6) is 0 Å². The second-order valence-electron chi connectivity index (χ2n) is 3.90. The number of nitro groups is 1. The van der Waals surface area contributed by atoms with E-state index in [2.05, 4.69) is 6.58 Å². The molecule has 1 aromatic carbocycles. The van der Waals surface area contributed by atoms with Crippen LogP contribution in [0.15, 0.2) is 36.4 Å². The molecule has 0 heterocycles. The second kappa shape index (κ2) is 5.56. The zero-order chi connectivity index (χ0) is 13.0. The van der Waals surface area contributed by atoms with Crippen molar-refractivity contribution in [3.05, 3.63) is 52.1 Å². The summed E-state index contributed by atoms with van der Waals surface area (Å²) in [4.78, 5) is 9.95. The summed E-state index contributed by atoms with van der Waals surface area (Å²) in [6.07, 6.45) is -1.25. The summed E-state index contributed by atoms with van der Waals surface area (Å²) < 4.78 is 0. The van der Waals surface area contributed by atoms with Gasteiger partial charge in [-0.2, -0.15) is 0 Å². The molecule has 2 N–H and O–H groups in total. The average Bonchev–Trinajstić information content (AvgIpc) is 2.28. The topological polar surface area (TPSA) is 83.6 Å². The third-order valence-electron chi connectivity index (χ3n) is 2.54. The number of non-ortho nitro benzene ring substituents is 1. The number of nitrogens with zero attached hydrogens (tertiary/aromatic N) is 1. The number of hydrogen-bond donors (Lipinski definition) is 2. The molecular weight excluding hydrogens is 222 g/mol. The van der Waals surface area contributed by atoms with Crippen LogP contribution >= 0.6 is 0 Å². The van der Waals surface area contributed by atoms with Crippen molar-refractivity contribution in [2.45, 2.75) is 25.6 Å². The highest BCUT2D eigenvalue weighted by atomic mass is 16.6. The maximum Gasteiger partial charge on any atom is 0.269 e. The summed E-state index contributed by atoms with van der Waals surface area (Å²) >= 11 is 0. The van der Waals surface area contributed by atoms with Crippen LogP contribution in [-0.2, 0) is 0 Å². The van der Waals surface area contributed by atoms with Crippen LogP contribution < -0.4 is 0 Å². The Balaban J connectivity index is 2.73. The van der Waals surface area contributed by atoms with E-state index in [1.165, 1.54) is 24.3 Å². The predicted molar refractivity (Wildman–Crippen MR) is 63.5 cm³/mol. The van der Waals surface area contributed by atoms with Gasteiger partial charge in [-0.25, -0.2) is 0 Å². The normalized spacial score (nSPS) is 14.1. The highest BCUT2D eigenvalue weighted by Crippen LogP contribution is 2.23. The zero-order valence-corrected chi connectivity index (χ0v) is 9.54. The summed E-state index contributed by atoms with van der Waals surface area (Å²) in [7, 11) is 0. The molecule has 0 fully saturated rings. The standard InChI is InChI=1S/C12H15NO4/c1-8(9(2)14)7-12(15)10-3-5-11(6-4-10)13(16)17/h3-6,9,12,14-15H,1,7H2,2H3/t9-,12-/m1/s1. The Morgan fingerprint density at radius 1 is 1.41 bits per heavy atom. The van der Waals surface area contributed by atoms with Crippen LogP contribution in [0, 0.1) is 10.1 Å². The van der Waals surface area contributed by atoms with Gasteiger partial charge >= 0.3 is 0 Å². The Bertz CT molecular complexity index is 411. The van der Waals surface area contributed by atoms with E-state index < -0.39 is 17.1 Å².